The summed E-state index contributed by atoms with van der Waals surface area (Å²) in [7, 11) is 0. The predicted molar refractivity (Wildman–Crippen MR) is 146 cm³/mol. The van der Waals surface area contributed by atoms with Crippen molar-refractivity contribution in [3.8, 4) is 0 Å². The molecule has 0 aromatic rings. The number of nitrogens with two attached hydrogens (primary N) is 1. The number of hydrogen-bond donors (Lipinski definition) is 2. The number of amides is 1. The van der Waals surface area contributed by atoms with Gasteiger partial charge in [0.15, 0.2) is 0 Å². The van der Waals surface area contributed by atoms with Gasteiger partial charge in [0.2, 0.25) is 5.91 Å². The van der Waals surface area contributed by atoms with Crippen LogP contribution in [-0.4, -0.2) is 17.0 Å². The molecule has 0 rings (SSSR count). The Balaban J connectivity index is 3.78. The van der Waals surface area contributed by atoms with Gasteiger partial charge in [0, 0.05) is 5.92 Å². The van der Waals surface area contributed by atoms with Crippen LogP contribution >= 0.6 is 0 Å². The summed E-state index contributed by atoms with van der Waals surface area (Å²) in [4.78, 5) is 23.4. The van der Waals surface area contributed by atoms with Crippen molar-refractivity contribution >= 4 is 11.9 Å². The topological polar surface area (TPSA) is 80.4 Å². The van der Waals surface area contributed by atoms with Crippen LogP contribution in [0.2, 0.25) is 0 Å². The highest BCUT2D eigenvalue weighted by Crippen LogP contribution is 2.22. The van der Waals surface area contributed by atoms with Crippen molar-refractivity contribution in [1.29, 1.82) is 0 Å². The van der Waals surface area contributed by atoms with Gasteiger partial charge in [0.05, 0.1) is 5.92 Å². The van der Waals surface area contributed by atoms with Crippen molar-refractivity contribution in [3.63, 3.8) is 0 Å². The minimum atomic E-state index is -0.623. The quantitative estimate of drug-likeness (QED) is 0.115. The highest BCUT2D eigenvalue weighted by atomic mass is 16.4. The second-order valence-corrected chi connectivity index (χ2v) is 10.7. The Bertz CT molecular complexity index is 424. The van der Waals surface area contributed by atoms with E-state index in [2.05, 4.69) is 13.8 Å². The number of primary amides is 1. The number of rotatable bonds is 27. The fourth-order valence-corrected chi connectivity index (χ4v) is 5.00. The standard InChI is InChI=1S/C30H59NO3/c1-3-5-7-9-11-13-15-19-23-27(29(31)32)24-20-17-18-22-26-28(30(33)34)25-21-16-14-12-10-8-6-4-2/h27-28H,3-26H2,1-2H3,(H2,31,32)(H,33,34). The van der Waals surface area contributed by atoms with Crippen molar-refractivity contribution < 1.29 is 14.7 Å². The first-order valence-corrected chi connectivity index (χ1v) is 15.0. The van der Waals surface area contributed by atoms with E-state index in [9.17, 15) is 14.7 Å². The lowest BCUT2D eigenvalue weighted by atomic mass is 9.92. The average molecular weight is 482 g/mol. The summed E-state index contributed by atoms with van der Waals surface area (Å²) in [5, 5.41) is 9.53. The van der Waals surface area contributed by atoms with Crippen LogP contribution in [0.25, 0.3) is 0 Å². The van der Waals surface area contributed by atoms with Crippen LogP contribution in [0.4, 0.5) is 0 Å². The molecule has 0 spiro atoms. The SMILES string of the molecule is CCCCCCCCCCC(CCCCCCC(CCCCCCCCCC)C(=O)O)C(N)=O. The molecule has 0 aromatic heterocycles. The summed E-state index contributed by atoms with van der Waals surface area (Å²) in [5.74, 6) is -0.921. The molecule has 0 aliphatic rings. The number of aliphatic carboxylic acids is 1. The molecular weight excluding hydrogens is 422 g/mol. The molecule has 0 aliphatic heterocycles. The van der Waals surface area contributed by atoms with E-state index in [0.717, 1.165) is 64.2 Å². The van der Waals surface area contributed by atoms with E-state index in [4.69, 9.17) is 5.73 Å². The number of hydrogen-bond acceptors (Lipinski definition) is 2. The van der Waals surface area contributed by atoms with Crippen molar-refractivity contribution in [1.82, 2.24) is 0 Å². The zero-order valence-corrected chi connectivity index (χ0v) is 23.0. The molecule has 4 nitrogen and oxygen atoms in total. The van der Waals surface area contributed by atoms with Gasteiger partial charge in [0.1, 0.15) is 0 Å². The summed E-state index contributed by atoms with van der Waals surface area (Å²) in [5.41, 5.74) is 5.64. The molecule has 0 bridgehead atoms. The highest BCUT2D eigenvalue weighted by Gasteiger charge is 2.17. The molecule has 34 heavy (non-hydrogen) atoms. The van der Waals surface area contributed by atoms with E-state index in [1.807, 2.05) is 0 Å². The molecule has 0 radical (unpaired) electrons. The minimum absolute atomic E-state index is 0.0221. The predicted octanol–water partition coefficient (Wildman–Crippen LogP) is 9.19. The zero-order chi connectivity index (χ0) is 25.3. The smallest absolute Gasteiger partial charge is 0.306 e. The lowest BCUT2D eigenvalue weighted by Crippen LogP contribution is -2.23. The number of carboxylic acids is 1. The number of carbonyl (C=O) groups excluding carboxylic acids is 1. The first-order chi connectivity index (χ1) is 16.5. The molecular formula is C30H59NO3. The van der Waals surface area contributed by atoms with Gasteiger partial charge in [-0.15, -0.1) is 0 Å². The Morgan fingerprint density at radius 2 is 0.765 bits per heavy atom. The van der Waals surface area contributed by atoms with Gasteiger partial charge in [-0.3, -0.25) is 9.59 Å². The fraction of sp³-hybridized carbons (Fsp3) is 0.933. The molecule has 2 unspecified atom stereocenters. The maximum Gasteiger partial charge on any atom is 0.306 e. The second-order valence-electron chi connectivity index (χ2n) is 10.7. The molecule has 1 amide bonds. The second kappa shape index (κ2) is 25.0. The van der Waals surface area contributed by atoms with Crippen LogP contribution in [0.15, 0.2) is 0 Å². The Morgan fingerprint density at radius 1 is 0.500 bits per heavy atom. The molecule has 0 aliphatic carbocycles. The highest BCUT2D eigenvalue weighted by molar-refractivity contribution is 5.76. The lowest BCUT2D eigenvalue weighted by Gasteiger charge is -2.14. The van der Waals surface area contributed by atoms with E-state index in [1.54, 1.807) is 0 Å². The molecule has 202 valence electrons. The third-order valence-electron chi connectivity index (χ3n) is 7.42. The van der Waals surface area contributed by atoms with Gasteiger partial charge in [0.25, 0.3) is 0 Å². The Labute approximate surface area is 212 Å². The van der Waals surface area contributed by atoms with E-state index in [0.29, 0.717) is 0 Å². The normalized spacial score (nSPS) is 13.1. The van der Waals surface area contributed by atoms with Gasteiger partial charge in [-0.2, -0.15) is 0 Å². The number of carboxylic acid groups (broad SMARTS) is 1. The molecule has 0 saturated carbocycles. The van der Waals surface area contributed by atoms with Crippen LogP contribution in [0.5, 0.6) is 0 Å². The first-order valence-electron chi connectivity index (χ1n) is 15.0. The Hall–Kier alpha value is -1.06. The third kappa shape index (κ3) is 21.5. The van der Waals surface area contributed by atoms with E-state index < -0.39 is 5.97 Å². The van der Waals surface area contributed by atoms with Crippen LogP contribution in [0.1, 0.15) is 168 Å². The molecule has 0 heterocycles. The summed E-state index contributed by atoms with van der Waals surface area (Å²) >= 11 is 0. The van der Waals surface area contributed by atoms with Crippen molar-refractivity contribution in [2.24, 2.45) is 17.6 Å². The Morgan fingerprint density at radius 3 is 1.03 bits per heavy atom. The van der Waals surface area contributed by atoms with Gasteiger partial charge >= 0.3 is 5.97 Å². The zero-order valence-electron chi connectivity index (χ0n) is 23.0. The van der Waals surface area contributed by atoms with Crippen molar-refractivity contribution in [3.05, 3.63) is 0 Å². The van der Waals surface area contributed by atoms with E-state index in [1.165, 1.54) is 89.9 Å². The van der Waals surface area contributed by atoms with E-state index in [-0.39, 0.29) is 17.7 Å². The van der Waals surface area contributed by atoms with Crippen LogP contribution in [0, 0.1) is 11.8 Å². The summed E-state index contributed by atoms with van der Waals surface area (Å²) in [6.07, 6.45) is 27.9. The van der Waals surface area contributed by atoms with Gasteiger partial charge in [-0.05, 0) is 25.7 Å². The van der Waals surface area contributed by atoms with Gasteiger partial charge < -0.3 is 10.8 Å². The lowest BCUT2D eigenvalue weighted by molar-refractivity contribution is -0.142. The molecule has 0 fully saturated rings. The number of carbonyl (C=O) groups is 2. The third-order valence-corrected chi connectivity index (χ3v) is 7.42. The van der Waals surface area contributed by atoms with Crippen molar-refractivity contribution in [2.45, 2.75) is 168 Å². The molecule has 0 aromatic carbocycles. The monoisotopic (exact) mass is 481 g/mol. The van der Waals surface area contributed by atoms with Crippen molar-refractivity contribution in [2.75, 3.05) is 0 Å². The maximum atomic E-state index is 11.8. The molecule has 0 saturated heterocycles. The van der Waals surface area contributed by atoms with Gasteiger partial charge in [-0.25, -0.2) is 0 Å². The number of unbranched alkanes of at least 4 members (excludes halogenated alkanes) is 17. The summed E-state index contributed by atoms with van der Waals surface area (Å²) in [6.45, 7) is 4.48. The minimum Gasteiger partial charge on any atom is -0.481 e. The molecule has 2 atom stereocenters. The first kappa shape index (κ1) is 32.9. The molecule has 3 N–H and O–H groups in total. The van der Waals surface area contributed by atoms with Gasteiger partial charge in [-0.1, -0.05) is 142 Å². The summed E-state index contributed by atoms with van der Waals surface area (Å²) in [6, 6.07) is 0. The maximum absolute atomic E-state index is 11.8. The van der Waals surface area contributed by atoms with Crippen LogP contribution in [0.3, 0.4) is 0 Å². The molecule has 4 heteroatoms. The van der Waals surface area contributed by atoms with Crippen LogP contribution < -0.4 is 5.73 Å². The largest absolute Gasteiger partial charge is 0.481 e. The Kier molecular flexibility index (Phi) is 24.3. The summed E-state index contributed by atoms with van der Waals surface area (Å²) < 4.78 is 0. The van der Waals surface area contributed by atoms with E-state index >= 15 is 0 Å². The fourth-order valence-electron chi connectivity index (χ4n) is 5.00. The average Bonchev–Trinajstić information content (AvgIpc) is 2.81. The van der Waals surface area contributed by atoms with Crippen LogP contribution in [-0.2, 0) is 9.59 Å².